The van der Waals surface area contributed by atoms with Crippen molar-refractivity contribution >= 4 is 5.69 Å². The minimum atomic E-state index is -0.408. The lowest BCUT2D eigenvalue weighted by molar-refractivity contribution is 0.326. The van der Waals surface area contributed by atoms with Crippen molar-refractivity contribution in [3.63, 3.8) is 0 Å². The second kappa shape index (κ2) is 5.10. The SMILES string of the molecule is CC(C)(C#N)c1ccc(NC2CCN(C3CC3)C2)cc1. The first-order chi connectivity index (χ1) is 9.58. The Morgan fingerprint density at radius 2 is 1.90 bits per heavy atom. The number of hydrogen-bond donors (Lipinski definition) is 1. The van der Waals surface area contributed by atoms with E-state index in [4.69, 9.17) is 5.26 Å². The van der Waals surface area contributed by atoms with Gasteiger partial charge in [0.1, 0.15) is 0 Å². The number of hydrogen-bond acceptors (Lipinski definition) is 3. The van der Waals surface area contributed by atoms with Crippen molar-refractivity contribution in [2.75, 3.05) is 18.4 Å². The van der Waals surface area contributed by atoms with E-state index in [1.807, 2.05) is 13.8 Å². The van der Waals surface area contributed by atoms with Crippen LogP contribution in [0.1, 0.15) is 38.7 Å². The van der Waals surface area contributed by atoms with Crippen molar-refractivity contribution in [3.05, 3.63) is 29.8 Å². The highest BCUT2D eigenvalue weighted by Crippen LogP contribution is 2.31. The number of anilines is 1. The van der Waals surface area contributed by atoms with Crippen molar-refractivity contribution in [2.24, 2.45) is 0 Å². The highest BCUT2D eigenvalue weighted by molar-refractivity contribution is 5.47. The highest BCUT2D eigenvalue weighted by Gasteiger charge is 2.34. The molecule has 1 aliphatic carbocycles. The Bertz CT molecular complexity index is 508. The third-order valence-corrected chi connectivity index (χ3v) is 4.54. The maximum absolute atomic E-state index is 9.16. The van der Waals surface area contributed by atoms with Gasteiger partial charge in [0.05, 0.1) is 11.5 Å². The van der Waals surface area contributed by atoms with Crippen LogP contribution in [0, 0.1) is 11.3 Å². The monoisotopic (exact) mass is 269 g/mol. The molecule has 1 atom stereocenters. The zero-order valence-electron chi connectivity index (χ0n) is 12.4. The molecule has 0 spiro atoms. The maximum Gasteiger partial charge on any atom is 0.0766 e. The average molecular weight is 269 g/mol. The van der Waals surface area contributed by atoms with Gasteiger partial charge in [0, 0.05) is 30.9 Å². The van der Waals surface area contributed by atoms with Crippen molar-refractivity contribution < 1.29 is 0 Å². The van der Waals surface area contributed by atoms with Gasteiger partial charge in [0.15, 0.2) is 0 Å². The third kappa shape index (κ3) is 2.81. The molecule has 1 aromatic rings. The summed E-state index contributed by atoms with van der Waals surface area (Å²) in [5.74, 6) is 0. The molecule has 1 aliphatic heterocycles. The van der Waals surface area contributed by atoms with Crippen molar-refractivity contribution in [2.45, 2.75) is 50.6 Å². The molecule has 0 bridgehead atoms. The number of nitrogens with one attached hydrogen (secondary N) is 1. The zero-order chi connectivity index (χ0) is 14.2. The Labute approximate surface area is 121 Å². The topological polar surface area (TPSA) is 39.1 Å². The molecular weight excluding hydrogens is 246 g/mol. The van der Waals surface area contributed by atoms with Gasteiger partial charge in [-0.15, -0.1) is 0 Å². The zero-order valence-corrected chi connectivity index (χ0v) is 12.4. The van der Waals surface area contributed by atoms with Crippen molar-refractivity contribution in [1.29, 1.82) is 5.26 Å². The summed E-state index contributed by atoms with van der Waals surface area (Å²) in [6.07, 6.45) is 4.03. The molecule has 0 aromatic heterocycles. The maximum atomic E-state index is 9.16. The third-order valence-electron chi connectivity index (χ3n) is 4.54. The van der Waals surface area contributed by atoms with E-state index in [1.165, 1.54) is 38.0 Å². The highest BCUT2D eigenvalue weighted by atomic mass is 15.2. The predicted octanol–water partition coefficient (Wildman–Crippen LogP) is 3.14. The van der Waals surface area contributed by atoms with Crippen LogP contribution in [0.5, 0.6) is 0 Å². The molecule has 1 unspecified atom stereocenters. The lowest BCUT2D eigenvalue weighted by Crippen LogP contribution is -2.27. The van der Waals surface area contributed by atoms with E-state index in [-0.39, 0.29) is 0 Å². The average Bonchev–Trinajstić information content (AvgIpc) is 3.20. The largest absolute Gasteiger partial charge is 0.381 e. The van der Waals surface area contributed by atoms with E-state index < -0.39 is 5.41 Å². The summed E-state index contributed by atoms with van der Waals surface area (Å²) in [6, 6.07) is 12.1. The fourth-order valence-corrected chi connectivity index (χ4v) is 2.96. The molecule has 3 nitrogen and oxygen atoms in total. The molecule has 1 saturated carbocycles. The molecule has 1 aromatic carbocycles. The summed E-state index contributed by atoms with van der Waals surface area (Å²) in [7, 11) is 0. The molecule has 0 amide bonds. The van der Waals surface area contributed by atoms with Gasteiger partial charge in [-0.3, -0.25) is 4.90 Å². The molecule has 1 N–H and O–H groups in total. The predicted molar refractivity (Wildman–Crippen MR) is 81.7 cm³/mol. The van der Waals surface area contributed by atoms with E-state index >= 15 is 0 Å². The van der Waals surface area contributed by atoms with Crippen LogP contribution in [-0.2, 0) is 5.41 Å². The molecule has 20 heavy (non-hydrogen) atoms. The Morgan fingerprint density at radius 1 is 1.20 bits per heavy atom. The summed E-state index contributed by atoms with van der Waals surface area (Å²) in [5.41, 5.74) is 1.84. The standard InChI is InChI=1S/C17H23N3/c1-17(2,12-18)13-3-5-14(6-4-13)19-15-9-10-20(11-15)16-7-8-16/h3-6,15-16,19H,7-11H2,1-2H3. The van der Waals surface area contributed by atoms with E-state index in [0.717, 1.165) is 11.6 Å². The molecule has 106 valence electrons. The van der Waals surface area contributed by atoms with Gasteiger partial charge < -0.3 is 5.32 Å². The second-order valence-corrected chi connectivity index (χ2v) is 6.67. The molecular formula is C17H23N3. The van der Waals surface area contributed by atoms with E-state index in [2.05, 4.69) is 40.6 Å². The summed E-state index contributed by atoms with van der Waals surface area (Å²) in [6.45, 7) is 6.33. The minimum Gasteiger partial charge on any atom is -0.381 e. The number of nitriles is 1. The number of likely N-dealkylation sites (tertiary alicyclic amines) is 1. The van der Waals surface area contributed by atoms with Gasteiger partial charge in [-0.25, -0.2) is 0 Å². The van der Waals surface area contributed by atoms with Crippen LogP contribution in [0.2, 0.25) is 0 Å². The number of nitrogens with zero attached hydrogens (tertiary/aromatic N) is 2. The fraction of sp³-hybridized carbons (Fsp3) is 0.588. The first kappa shape index (κ1) is 13.5. The molecule has 2 fully saturated rings. The van der Waals surface area contributed by atoms with Crippen LogP contribution < -0.4 is 5.32 Å². The van der Waals surface area contributed by atoms with Crippen molar-refractivity contribution in [1.82, 2.24) is 4.90 Å². The van der Waals surface area contributed by atoms with E-state index in [1.54, 1.807) is 0 Å². The second-order valence-electron chi connectivity index (χ2n) is 6.67. The van der Waals surface area contributed by atoms with Crippen molar-refractivity contribution in [3.8, 4) is 6.07 Å². The fourth-order valence-electron chi connectivity index (χ4n) is 2.96. The molecule has 3 heteroatoms. The van der Waals surface area contributed by atoms with Gasteiger partial charge >= 0.3 is 0 Å². The molecule has 3 rings (SSSR count). The van der Waals surface area contributed by atoms with Gasteiger partial charge in [-0.05, 0) is 50.8 Å². The Hall–Kier alpha value is -1.53. The molecule has 0 radical (unpaired) electrons. The van der Waals surface area contributed by atoms with Crippen LogP contribution in [0.4, 0.5) is 5.69 Å². The quantitative estimate of drug-likeness (QED) is 0.912. The van der Waals surface area contributed by atoms with Crippen LogP contribution >= 0.6 is 0 Å². The van der Waals surface area contributed by atoms with Crippen LogP contribution in [-0.4, -0.2) is 30.1 Å². The normalized spacial score (nSPS) is 23.6. The van der Waals surface area contributed by atoms with Gasteiger partial charge in [-0.1, -0.05) is 12.1 Å². The first-order valence-electron chi connectivity index (χ1n) is 7.61. The summed E-state index contributed by atoms with van der Waals surface area (Å²) in [4.78, 5) is 2.62. The van der Waals surface area contributed by atoms with E-state index in [0.29, 0.717) is 6.04 Å². The Balaban J connectivity index is 1.60. The first-order valence-corrected chi connectivity index (χ1v) is 7.61. The number of rotatable bonds is 4. The summed E-state index contributed by atoms with van der Waals surface area (Å²) < 4.78 is 0. The van der Waals surface area contributed by atoms with Crippen LogP contribution in [0.3, 0.4) is 0 Å². The molecule has 1 heterocycles. The Kier molecular flexibility index (Phi) is 3.43. The molecule has 2 aliphatic rings. The lowest BCUT2D eigenvalue weighted by Gasteiger charge is -2.19. The van der Waals surface area contributed by atoms with Gasteiger partial charge in [0.2, 0.25) is 0 Å². The Morgan fingerprint density at radius 3 is 2.50 bits per heavy atom. The smallest absolute Gasteiger partial charge is 0.0766 e. The number of benzene rings is 1. The van der Waals surface area contributed by atoms with Crippen LogP contribution in [0.15, 0.2) is 24.3 Å². The molecule has 1 saturated heterocycles. The minimum absolute atomic E-state index is 0.408. The summed E-state index contributed by atoms with van der Waals surface area (Å²) >= 11 is 0. The van der Waals surface area contributed by atoms with E-state index in [9.17, 15) is 0 Å². The van der Waals surface area contributed by atoms with Crippen LogP contribution in [0.25, 0.3) is 0 Å². The van der Waals surface area contributed by atoms with Gasteiger partial charge in [-0.2, -0.15) is 5.26 Å². The lowest BCUT2D eigenvalue weighted by atomic mass is 9.86. The van der Waals surface area contributed by atoms with Gasteiger partial charge in [0.25, 0.3) is 0 Å². The summed E-state index contributed by atoms with van der Waals surface area (Å²) in [5, 5.41) is 12.8.